The Labute approximate surface area is 196 Å². The number of morpholine rings is 1. The van der Waals surface area contributed by atoms with Crippen LogP contribution in [0.5, 0.6) is 0 Å². The lowest BCUT2D eigenvalue weighted by atomic mass is 9.88. The number of amides is 1. The van der Waals surface area contributed by atoms with E-state index in [0.717, 1.165) is 11.0 Å². The van der Waals surface area contributed by atoms with Crippen LogP contribution < -0.4 is 4.90 Å². The molecule has 1 spiro atoms. The summed E-state index contributed by atoms with van der Waals surface area (Å²) in [7, 11) is 0. The molecule has 10 heteroatoms. The molecule has 1 aromatic carbocycles. The number of alkyl halides is 3. The van der Waals surface area contributed by atoms with Crippen molar-refractivity contribution in [2.75, 3.05) is 31.1 Å². The molecule has 5 nitrogen and oxygen atoms in total. The number of hydrogen-bond donors (Lipinski definition) is 0. The minimum atomic E-state index is -4.62. The molecule has 0 N–H and O–H groups in total. The van der Waals surface area contributed by atoms with Gasteiger partial charge < -0.3 is 9.64 Å². The van der Waals surface area contributed by atoms with Crippen LogP contribution in [0.25, 0.3) is 0 Å². The van der Waals surface area contributed by atoms with E-state index in [1.807, 2.05) is 0 Å². The fourth-order valence-corrected chi connectivity index (χ4v) is 4.50. The number of anilines is 1. The van der Waals surface area contributed by atoms with Gasteiger partial charge in [-0.15, -0.1) is 12.4 Å². The van der Waals surface area contributed by atoms with Crippen LogP contribution in [-0.4, -0.2) is 53.7 Å². The molecule has 0 radical (unpaired) electrons. The molecular weight excluding hydrogens is 462 g/mol. The van der Waals surface area contributed by atoms with Crippen LogP contribution in [-0.2, 0) is 22.1 Å². The van der Waals surface area contributed by atoms with Gasteiger partial charge in [0.1, 0.15) is 17.7 Å². The first kappa shape index (κ1) is 25.4. The minimum absolute atomic E-state index is 0. The van der Waals surface area contributed by atoms with Gasteiger partial charge in [0.2, 0.25) is 0 Å². The van der Waals surface area contributed by atoms with E-state index in [2.05, 4.69) is 9.88 Å². The molecular formula is C23H26ClF4N3O2. The Morgan fingerprint density at radius 3 is 2.52 bits per heavy atom. The Bertz CT molecular complexity index is 980. The highest BCUT2D eigenvalue weighted by Crippen LogP contribution is 2.39. The van der Waals surface area contributed by atoms with Crippen LogP contribution >= 0.6 is 12.4 Å². The van der Waals surface area contributed by atoms with Crippen molar-refractivity contribution in [3.63, 3.8) is 0 Å². The number of benzene rings is 1. The number of rotatable bonds is 4. The highest BCUT2D eigenvalue weighted by Gasteiger charge is 2.48. The lowest BCUT2D eigenvalue weighted by molar-refractivity contribution is -0.162. The van der Waals surface area contributed by atoms with Crippen molar-refractivity contribution >= 4 is 24.1 Å². The molecule has 2 saturated heterocycles. The molecule has 1 atom stereocenters. The standard InChI is InChI=1S/C23H25F4N3O2.ClH/c1-16-21(31)30(20-18(23(25,26)27)6-4-11-28-20)15-22(32-16)9-13-29(14-10-22)12-8-17-5-2-3-7-19(17)24;/h2-7,11,16H,8-10,12-15H2,1H3;1H/t16-;/m0./s1. The predicted molar refractivity (Wildman–Crippen MR) is 118 cm³/mol. The fraction of sp³-hybridized carbons (Fsp3) is 0.478. The molecule has 0 bridgehead atoms. The highest BCUT2D eigenvalue weighted by molar-refractivity contribution is 5.97. The first-order chi connectivity index (χ1) is 15.2. The third-order valence-corrected chi connectivity index (χ3v) is 6.26. The van der Waals surface area contributed by atoms with Crippen molar-refractivity contribution in [2.45, 2.75) is 44.1 Å². The van der Waals surface area contributed by atoms with Gasteiger partial charge in [-0.1, -0.05) is 18.2 Å². The van der Waals surface area contributed by atoms with E-state index < -0.39 is 29.4 Å². The van der Waals surface area contributed by atoms with Crippen LogP contribution in [0.4, 0.5) is 23.4 Å². The van der Waals surface area contributed by atoms with Gasteiger partial charge in [0.15, 0.2) is 0 Å². The van der Waals surface area contributed by atoms with Gasteiger partial charge in [-0.25, -0.2) is 9.37 Å². The number of piperidine rings is 1. The van der Waals surface area contributed by atoms with E-state index in [-0.39, 0.29) is 30.6 Å². The number of aromatic nitrogens is 1. The number of carbonyl (C=O) groups excluding carboxylic acids is 1. The Morgan fingerprint density at radius 1 is 1.15 bits per heavy atom. The van der Waals surface area contributed by atoms with E-state index in [0.29, 0.717) is 44.5 Å². The summed E-state index contributed by atoms with van der Waals surface area (Å²) in [6, 6.07) is 8.82. The molecule has 0 unspecified atom stereocenters. The summed E-state index contributed by atoms with van der Waals surface area (Å²) in [5.41, 5.74) is -1.01. The topological polar surface area (TPSA) is 45.7 Å². The molecule has 2 aromatic rings. The zero-order chi connectivity index (χ0) is 22.9. The van der Waals surface area contributed by atoms with Gasteiger partial charge in [0.25, 0.3) is 5.91 Å². The van der Waals surface area contributed by atoms with Crippen LogP contribution in [0, 0.1) is 5.82 Å². The molecule has 2 aliphatic heterocycles. The van der Waals surface area contributed by atoms with Crippen molar-refractivity contribution in [1.29, 1.82) is 0 Å². The maximum atomic E-state index is 13.9. The fourth-order valence-electron chi connectivity index (χ4n) is 4.50. The number of halogens is 5. The molecule has 2 fully saturated rings. The van der Waals surface area contributed by atoms with Gasteiger partial charge in [0, 0.05) is 25.8 Å². The quantitative estimate of drug-likeness (QED) is 0.596. The monoisotopic (exact) mass is 487 g/mol. The summed E-state index contributed by atoms with van der Waals surface area (Å²) >= 11 is 0. The van der Waals surface area contributed by atoms with Crippen molar-refractivity contribution in [2.24, 2.45) is 0 Å². The second-order valence-corrected chi connectivity index (χ2v) is 8.42. The van der Waals surface area contributed by atoms with Crippen molar-refractivity contribution in [3.8, 4) is 0 Å². The van der Waals surface area contributed by atoms with Crippen molar-refractivity contribution in [1.82, 2.24) is 9.88 Å². The molecule has 1 aromatic heterocycles. The number of nitrogens with zero attached hydrogens (tertiary/aromatic N) is 3. The Balaban J connectivity index is 0.00000306. The van der Waals surface area contributed by atoms with Gasteiger partial charge in [-0.2, -0.15) is 13.2 Å². The molecule has 0 saturated carbocycles. The highest BCUT2D eigenvalue weighted by atomic mass is 35.5. The number of hydrogen-bond acceptors (Lipinski definition) is 4. The molecule has 2 aliphatic rings. The Hall–Kier alpha value is -2.23. The maximum absolute atomic E-state index is 13.9. The summed E-state index contributed by atoms with van der Waals surface area (Å²) in [5.74, 6) is -1.13. The van der Waals surface area contributed by atoms with E-state index in [9.17, 15) is 22.4 Å². The number of pyridine rings is 1. The van der Waals surface area contributed by atoms with E-state index in [4.69, 9.17) is 4.74 Å². The van der Waals surface area contributed by atoms with Crippen LogP contribution in [0.3, 0.4) is 0 Å². The first-order valence-electron chi connectivity index (χ1n) is 10.7. The average molecular weight is 488 g/mol. The number of ether oxygens (including phenoxy) is 1. The van der Waals surface area contributed by atoms with Crippen LogP contribution in [0.15, 0.2) is 42.6 Å². The van der Waals surface area contributed by atoms with Crippen LogP contribution in [0.1, 0.15) is 30.9 Å². The summed E-state index contributed by atoms with van der Waals surface area (Å²) in [6.07, 6.45) is -2.52. The molecule has 180 valence electrons. The number of carbonyl (C=O) groups is 1. The summed E-state index contributed by atoms with van der Waals surface area (Å²) in [6.45, 7) is 3.57. The lowest BCUT2D eigenvalue weighted by Gasteiger charge is -2.49. The second kappa shape index (κ2) is 9.95. The normalized spacial score (nSPS) is 21.2. The Morgan fingerprint density at radius 2 is 1.85 bits per heavy atom. The zero-order valence-corrected chi connectivity index (χ0v) is 19.0. The largest absolute Gasteiger partial charge is 0.419 e. The van der Waals surface area contributed by atoms with Crippen molar-refractivity contribution < 1.29 is 27.1 Å². The third-order valence-electron chi connectivity index (χ3n) is 6.26. The average Bonchev–Trinajstić information content (AvgIpc) is 2.76. The SMILES string of the molecule is C[C@@H]1OC2(CCN(CCc3ccccc3F)CC2)CN(c2ncccc2C(F)(F)F)C1=O.Cl. The number of likely N-dealkylation sites (tertiary alicyclic amines) is 1. The first-order valence-corrected chi connectivity index (χ1v) is 10.7. The van der Waals surface area contributed by atoms with Gasteiger partial charge in [-0.3, -0.25) is 9.69 Å². The van der Waals surface area contributed by atoms with Crippen molar-refractivity contribution in [3.05, 3.63) is 59.5 Å². The molecule has 3 heterocycles. The third kappa shape index (κ3) is 5.47. The minimum Gasteiger partial charge on any atom is -0.360 e. The molecule has 1 amide bonds. The molecule has 33 heavy (non-hydrogen) atoms. The van der Waals surface area contributed by atoms with Gasteiger partial charge >= 0.3 is 6.18 Å². The van der Waals surface area contributed by atoms with E-state index >= 15 is 0 Å². The molecule has 4 rings (SSSR count). The summed E-state index contributed by atoms with van der Waals surface area (Å²) < 4.78 is 60.5. The molecule has 0 aliphatic carbocycles. The predicted octanol–water partition coefficient (Wildman–Crippen LogP) is 4.49. The zero-order valence-electron chi connectivity index (χ0n) is 18.1. The second-order valence-electron chi connectivity index (χ2n) is 8.42. The smallest absolute Gasteiger partial charge is 0.360 e. The lowest BCUT2D eigenvalue weighted by Crippen LogP contribution is -2.62. The van der Waals surface area contributed by atoms with E-state index in [1.54, 1.807) is 25.1 Å². The Kier molecular flexibility index (Phi) is 7.65. The van der Waals surface area contributed by atoms with Crippen LogP contribution in [0.2, 0.25) is 0 Å². The maximum Gasteiger partial charge on any atom is 0.419 e. The summed E-state index contributed by atoms with van der Waals surface area (Å²) in [5, 5.41) is 0. The van der Waals surface area contributed by atoms with E-state index in [1.165, 1.54) is 18.3 Å². The van der Waals surface area contributed by atoms with Gasteiger partial charge in [0.05, 0.1) is 17.7 Å². The van der Waals surface area contributed by atoms with Gasteiger partial charge in [-0.05, 0) is 49.9 Å². The summed E-state index contributed by atoms with van der Waals surface area (Å²) in [4.78, 5) is 20.0.